The van der Waals surface area contributed by atoms with Gasteiger partial charge in [-0.2, -0.15) is 0 Å². The van der Waals surface area contributed by atoms with Crippen LogP contribution in [0.2, 0.25) is 5.15 Å². The average Bonchev–Trinajstić information content (AvgIpc) is 2.87. The maximum Gasteiger partial charge on any atom is 0.337 e. The van der Waals surface area contributed by atoms with Crippen LogP contribution in [0.25, 0.3) is 11.3 Å². The SMILES string of the molecule is COC(=O)c1cccc(SNc2nc(Cl)cc(-c3c(C)cccc3COCc3ccccc3)n2)c1. The van der Waals surface area contributed by atoms with Gasteiger partial charge in [0.1, 0.15) is 5.15 Å². The fraction of sp³-hybridized carbons (Fsp3) is 0.148. The lowest BCUT2D eigenvalue weighted by atomic mass is 9.99. The number of nitrogens with one attached hydrogen (secondary N) is 1. The van der Waals surface area contributed by atoms with E-state index in [4.69, 9.17) is 26.1 Å². The number of aromatic nitrogens is 2. The van der Waals surface area contributed by atoms with Gasteiger partial charge >= 0.3 is 5.97 Å². The summed E-state index contributed by atoms with van der Waals surface area (Å²) < 4.78 is 13.9. The van der Waals surface area contributed by atoms with Gasteiger partial charge in [-0.1, -0.05) is 66.2 Å². The Labute approximate surface area is 213 Å². The van der Waals surface area contributed by atoms with E-state index < -0.39 is 5.97 Å². The number of nitrogens with zero attached hydrogens (tertiary/aromatic N) is 2. The number of halogens is 1. The number of aryl methyl sites for hydroxylation is 1. The van der Waals surface area contributed by atoms with Crippen molar-refractivity contribution in [3.8, 4) is 11.3 Å². The van der Waals surface area contributed by atoms with Crippen molar-refractivity contribution in [2.24, 2.45) is 0 Å². The molecule has 0 radical (unpaired) electrons. The van der Waals surface area contributed by atoms with Gasteiger partial charge in [0.05, 0.1) is 31.6 Å². The Hall–Kier alpha value is -3.39. The molecule has 35 heavy (non-hydrogen) atoms. The molecule has 0 aliphatic heterocycles. The molecule has 0 aliphatic carbocycles. The number of benzene rings is 3. The molecule has 178 valence electrons. The summed E-state index contributed by atoms with van der Waals surface area (Å²) in [7, 11) is 1.36. The highest BCUT2D eigenvalue weighted by Crippen LogP contribution is 2.30. The van der Waals surface area contributed by atoms with Crippen LogP contribution in [0.1, 0.15) is 27.0 Å². The van der Waals surface area contributed by atoms with Crippen molar-refractivity contribution in [3.63, 3.8) is 0 Å². The Morgan fingerprint density at radius 3 is 2.57 bits per heavy atom. The van der Waals surface area contributed by atoms with Crippen molar-refractivity contribution >= 4 is 35.5 Å². The highest BCUT2D eigenvalue weighted by atomic mass is 35.5. The molecule has 0 bridgehead atoms. The smallest absolute Gasteiger partial charge is 0.337 e. The first-order chi connectivity index (χ1) is 17.0. The highest BCUT2D eigenvalue weighted by Gasteiger charge is 2.14. The second kappa shape index (κ2) is 11.8. The lowest BCUT2D eigenvalue weighted by Crippen LogP contribution is -2.02. The van der Waals surface area contributed by atoms with Crippen molar-refractivity contribution < 1.29 is 14.3 Å². The van der Waals surface area contributed by atoms with Crippen LogP contribution in [0.5, 0.6) is 0 Å². The predicted octanol–water partition coefficient (Wildman–Crippen LogP) is 6.73. The van der Waals surface area contributed by atoms with Crippen molar-refractivity contribution in [1.82, 2.24) is 9.97 Å². The first-order valence-electron chi connectivity index (χ1n) is 10.9. The van der Waals surface area contributed by atoms with E-state index in [1.165, 1.54) is 19.1 Å². The molecular formula is C27H24ClN3O3S. The molecule has 4 aromatic rings. The molecule has 0 unspecified atom stereocenters. The molecular weight excluding hydrogens is 482 g/mol. The zero-order chi connectivity index (χ0) is 24.6. The van der Waals surface area contributed by atoms with Crippen LogP contribution in [-0.4, -0.2) is 23.0 Å². The van der Waals surface area contributed by atoms with Gasteiger partial charge in [-0.25, -0.2) is 14.8 Å². The molecule has 0 atom stereocenters. The van der Waals surface area contributed by atoms with Gasteiger partial charge in [-0.15, -0.1) is 0 Å². The fourth-order valence-electron chi connectivity index (χ4n) is 3.57. The number of esters is 1. The maximum absolute atomic E-state index is 11.8. The summed E-state index contributed by atoms with van der Waals surface area (Å²) in [5.74, 6) is -0.0318. The number of ether oxygens (including phenoxy) is 2. The standard InChI is InChI=1S/C27H24ClN3O3S/c1-18-8-6-12-21(17-34-16-19-9-4-3-5-10-19)25(18)23-15-24(28)30-27(29-23)31-35-22-13-7-11-20(14-22)26(32)33-2/h3-15H,16-17H2,1-2H3,(H,29,30,31). The summed E-state index contributed by atoms with van der Waals surface area (Å²) in [6.45, 7) is 2.99. The molecule has 0 fully saturated rings. The number of hydrogen-bond donors (Lipinski definition) is 1. The van der Waals surface area contributed by atoms with Gasteiger partial charge < -0.3 is 9.47 Å². The maximum atomic E-state index is 11.8. The largest absolute Gasteiger partial charge is 0.465 e. The number of anilines is 1. The van der Waals surface area contributed by atoms with Crippen LogP contribution >= 0.6 is 23.5 Å². The zero-order valence-corrected chi connectivity index (χ0v) is 20.9. The molecule has 8 heteroatoms. The van der Waals surface area contributed by atoms with Gasteiger partial charge in [-0.05, 0) is 53.8 Å². The Balaban J connectivity index is 1.53. The number of hydrogen-bond acceptors (Lipinski definition) is 7. The molecule has 6 nitrogen and oxygen atoms in total. The quantitative estimate of drug-likeness (QED) is 0.153. The van der Waals surface area contributed by atoms with Crippen LogP contribution in [0, 0.1) is 6.92 Å². The van der Waals surface area contributed by atoms with Crippen LogP contribution in [0.3, 0.4) is 0 Å². The fourth-order valence-corrected chi connectivity index (χ4v) is 4.39. The van der Waals surface area contributed by atoms with Crippen LogP contribution in [-0.2, 0) is 22.7 Å². The van der Waals surface area contributed by atoms with Crippen molar-refractivity contribution in [1.29, 1.82) is 0 Å². The molecule has 3 aromatic carbocycles. The van der Waals surface area contributed by atoms with E-state index in [1.54, 1.807) is 24.3 Å². The van der Waals surface area contributed by atoms with Gasteiger partial charge in [0.25, 0.3) is 0 Å². The predicted molar refractivity (Wildman–Crippen MR) is 139 cm³/mol. The summed E-state index contributed by atoms with van der Waals surface area (Å²) in [6, 6.07) is 25.0. The third-order valence-corrected chi connectivity index (χ3v) is 6.16. The number of methoxy groups -OCH3 is 1. The van der Waals surface area contributed by atoms with Gasteiger partial charge in [0, 0.05) is 16.5 Å². The van der Waals surface area contributed by atoms with Crippen LogP contribution < -0.4 is 4.72 Å². The molecule has 1 heterocycles. The van der Waals surface area contributed by atoms with E-state index in [0.29, 0.717) is 35.6 Å². The molecule has 0 spiro atoms. The normalized spacial score (nSPS) is 10.7. The Bertz CT molecular complexity index is 1320. The van der Waals surface area contributed by atoms with Crippen LogP contribution in [0.15, 0.2) is 83.8 Å². The molecule has 4 rings (SSSR count). The summed E-state index contributed by atoms with van der Waals surface area (Å²) in [5.41, 5.74) is 5.32. The van der Waals surface area contributed by atoms with E-state index in [2.05, 4.69) is 9.71 Å². The van der Waals surface area contributed by atoms with E-state index >= 15 is 0 Å². The molecule has 0 saturated heterocycles. The second-order valence-corrected chi connectivity index (χ2v) is 8.98. The lowest BCUT2D eigenvalue weighted by Gasteiger charge is -2.14. The van der Waals surface area contributed by atoms with Gasteiger partial charge in [0.2, 0.25) is 5.95 Å². The van der Waals surface area contributed by atoms with E-state index in [-0.39, 0.29) is 0 Å². The van der Waals surface area contributed by atoms with E-state index in [0.717, 1.165) is 27.1 Å². The van der Waals surface area contributed by atoms with Crippen molar-refractivity contribution in [2.45, 2.75) is 25.0 Å². The minimum Gasteiger partial charge on any atom is -0.465 e. The lowest BCUT2D eigenvalue weighted by molar-refractivity contribution is 0.0600. The summed E-state index contributed by atoms with van der Waals surface area (Å²) >= 11 is 7.65. The Kier molecular flexibility index (Phi) is 8.36. The minimum absolute atomic E-state index is 0.320. The average molecular weight is 506 g/mol. The van der Waals surface area contributed by atoms with Crippen molar-refractivity contribution in [3.05, 3.63) is 106 Å². The molecule has 0 aliphatic rings. The van der Waals surface area contributed by atoms with Gasteiger partial charge in [-0.3, -0.25) is 4.72 Å². The Morgan fingerprint density at radius 1 is 0.971 bits per heavy atom. The summed E-state index contributed by atoms with van der Waals surface area (Å²) in [5, 5.41) is 0.320. The first kappa shape index (κ1) is 24.7. The molecule has 1 N–H and O–H groups in total. The van der Waals surface area contributed by atoms with E-state index in [9.17, 15) is 4.79 Å². The van der Waals surface area contributed by atoms with Gasteiger partial charge in [0.15, 0.2) is 0 Å². The monoisotopic (exact) mass is 505 g/mol. The topological polar surface area (TPSA) is 73.3 Å². The third kappa shape index (κ3) is 6.60. The molecule has 0 saturated carbocycles. The summed E-state index contributed by atoms with van der Waals surface area (Å²) in [4.78, 5) is 21.6. The van der Waals surface area contributed by atoms with E-state index in [1.807, 2.05) is 61.5 Å². The number of rotatable bonds is 9. The minimum atomic E-state index is -0.393. The number of carbonyl (C=O) groups excluding carboxylic acids is 1. The van der Waals surface area contributed by atoms with Crippen LogP contribution in [0.4, 0.5) is 5.95 Å². The van der Waals surface area contributed by atoms with Crippen molar-refractivity contribution in [2.75, 3.05) is 11.8 Å². The first-order valence-corrected chi connectivity index (χ1v) is 12.1. The highest BCUT2D eigenvalue weighted by molar-refractivity contribution is 8.00. The zero-order valence-electron chi connectivity index (χ0n) is 19.3. The summed E-state index contributed by atoms with van der Waals surface area (Å²) in [6.07, 6.45) is 0. The second-order valence-electron chi connectivity index (χ2n) is 7.71. The molecule has 0 amide bonds. The third-order valence-electron chi connectivity index (χ3n) is 5.19. The number of carbonyl (C=O) groups is 1. The Morgan fingerprint density at radius 2 is 1.77 bits per heavy atom. The molecule has 1 aromatic heterocycles.